The number of hydrogen-bond donors (Lipinski definition) is 1. The molecule has 2 unspecified atom stereocenters. The molecule has 0 bridgehead atoms. The first-order valence-electron chi connectivity index (χ1n) is 5.04. The Balaban J connectivity index is 1.88. The summed E-state index contributed by atoms with van der Waals surface area (Å²) in [5.74, 6) is 0.733. The molecule has 1 aliphatic carbocycles. The molecule has 0 saturated carbocycles. The smallest absolute Gasteiger partial charge is 0.0910 e. The zero-order valence-corrected chi connectivity index (χ0v) is 8.91. The Labute approximate surface area is 88.4 Å². The number of rotatable bonds is 3. The van der Waals surface area contributed by atoms with E-state index in [0.717, 1.165) is 18.0 Å². The molecule has 2 N–H and O–H groups in total. The molecule has 0 fully saturated rings. The molecule has 2 atom stereocenters. The monoisotopic (exact) mass is 209 g/mol. The van der Waals surface area contributed by atoms with E-state index in [9.17, 15) is 0 Å². The van der Waals surface area contributed by atoms with E-state index in [1.54, 1.807) is 6.20 Å². The van der Waals surface area contributed by atoms with Crippen molar-refractivity contribution >= 4 is 11.7 Å². The van der Waals surface area contributed by atoms with E-state index < -0.39 is 0 Å². The Morgan fingerprint density at radius 3 is 3.14 bits per heavy atom. The van der Waals surface area contributed by atoms with Crippen molar-refractivity contribution in [1.82, 2.24) is 8.75 Å². The average Bonchev–Trinajstić information content (AvgIpc) is 2.72. The molecule has 1 heterocycles. The maximum Gasteiger partial charge on any atom is 0.0910 e. The summed E-state index contributed by atoms with van der Waals surface area (Å²) in [5.41, 5.74) is 7.00. The Morgan fingerprint density at radius 2 is 2.50 bits per heavy atom. The Hall–Kier alpha value is -0.740. The second-order valence-electron chi connectivity index (χ2n) is 3.82. The fraction of sp³-hybridized carbons (Fsp3) is 0.600. The highest BCUT2D eigenvalue weighted by molar-refractivity contribution is 6.99. The molecule has 2 rings (SSSR count). The minimum Gasteiger partial charge on any atom is -0.323 e. The van der Waals surface area contributed by atoms with Crippen LogP contribution in [0.4, 0.5) is 0 Å². The SMILES string of the molecule is NC(CC1CC=CCC1)c1cnsn1. The van der Waals surface area contributed by atoms with E-state index in [2.05, 4.69) is 20.9 Å². The lowest BCUT2D eigenvalue weighted by atomic mass is 9.88. The summed E-state index contributed by atoms with van der Waals surface area (Å²) in [6.45, 7) is 0. The van der Waals surface area contributed by atoms with Gasteiger partial charge in [0.2, 0.25) is 0 Å². The van der Waals surface area contributed by atoms with E-state index in [0.29, 0.717) is 0 Å². The van der Waals surface area contributed by atoms with Crippen molar-refractivity contribution in [1.29, 1.82) is 0 Å². The molecule has 0 aromatic carbocycles. The van der Waals surface area contributed by atoms with E-state index in [1.807, 2.05) is 0 Å². The topological polar surface area (TPSA) is 51.8 Å². The summed E-state index contributed by atoms with van der Waals surface area (Å²) in [5, 5.41) is 0. The van der Waals surface area contributed by atoms with Crippen molar-refractivity contribution in [3.05, 3.63) is 24.0 Å². The summed E-state index contributed by atoms with van der Waals surface area (Å²) >= 11 is 1.24. The van der Waals surface area contributed by atoms with Gasteiger partial charge in [0, 0.05) is 6.04 Å². The maximum absolute atomic E-state index is 6.05. The van der Waals surface area contributed by atoms with Crippen molar-refractivity contribution in [3.8, 4) is 0 Å². The minimum absolute atomic E-state index is 0.0743. The second kappa shape index (κ2) is 4.66. The van der Waals surface area contributed by atoms with Crippen LogP contribution in [0.15, 0.2) is 18.3 Å². The normalized spacial score (nSPS) is 23.6. The summed E-state index contributed by atoms with van der Waals surface area (Å²) in [6, 6.07) is 0.0743. The molecular weight excluding hydrogens is 194 g/mol. The van der Waals surface area contributed by atoms with Gasteiger partial charge in [0.05, 0.1) is 23.6 Å². The van der Waals surface area contributed by atoms with Crippen LogP contribution in [0.5, 0.6) is 0 Å². The van der Waals surface area contributed by atoms with E-state index in [-0.39, 0.29) is 6.04 Å². The maximum atomic E-state index is 6.05. The largest absolute Gasteiger partial charge is 0.323 e. The lowest BCUT2D eigenvalue weighted by molar-refractivity contribution is 0.404. The molecule has 3 nitrogen and oxygen atoms in total. The van der Waals surface area contributed by atoms with Gasteiger partial charge in [0.1, 0.15) is 0 Å². The molecule has 76 valence electrons. The molecule has 0 radical (unpaired) electrons. The van der Waals surface area contributed by atoms with Crippen molar-refractivity contribution in [2.75, 3.05) is 0 Å². The third-order valence-corrected chi connectivity index (χ3v) is 3.22. The number of allylic oxidation sites excluding steroid dienone is 2. The molecule has 0 saturated heterocycles. The van der Waals surface area contributed by atoms with E-state index in [1.165, 1.54) is 31.0 Å². The molecule has 0 aliphatic heterocycles. The van der Waals surface area contributed by atoms with E-state index >= 15 is 0 Å². The lowest BCUT2D eigenvalue weighted by Crippen LogP contribution is -2.16. The number of nitrogens with two attached hydrogens (primary N) is 1. The standard InChI is InChI=1S/C10H15N3S/c11-9(10-7-12-14-13-10)6-8-4-2-1-3-5-8/h1-2,7-9H,3-6,11H2. The molecule has 1 aromatic rings. The van der Waals surface area contributed by atoms with E-state index in [4.69, 9.17) is 5.73 Å². The van der Waals surface area contributed by atoms with Crippen molar-refractivity contribution in [2.45, 2.75) is 31.7 Å². The van der Waals surface area contributed by atoms with Crippen LogP contribution in [0, 0.1) is 5.92 Å². The molecule has 1 aromatic heterocycles. The molecule has 0 amide bonds. The van der Waals surface area contributed by atoms with Gasteiger partial charge in [0.25, 0.3) is 0 Å². The van der Waals surface area contributed by atoms with Crippen LogP contribution in [0.25, 0.3) is 0 Å². The first kappa shape index (κ1) is 9.80. The third kappa shape index (κ3) is 2.39. The van der Waals surface area contributed by atoms with Gasteiger partial charge >= 0.3 is 0 Å². The van der Waals surface area contributed by atoms with Crippen molar-refractivity contribution in [2.24, 2.45) is 11.7 Å². The highest BCUT2D eigenvalue weighted by Crippen LogP contribution is 2.26. The van der Waals surface area contributed by atoms with Crippen LogP contribution < -0.4 is 5.73 Å². The fourth-order valence-corrected chi connectivity index (χ4v) is 2.36. The molecule has 4 heteroatoms. The van der Waals surface area contributed by atoms with Gasteiger partial charge in [-0.3, -0.25) is 0 Å². The van der Waals surface area contributed by atoms with Gasteiger partial charge in [-0.25, -0.2) is 0 Å². The van der Waals surface area contributed by atoms with Crippen LogP contribution in [-0.2, 0) is 0 Å². The van der Waals surface area contributed by atoms with Crippen molar-refractivity contribution in [3.63, 3.8) is 0 Å². The lowest BCUT2D eigenvalue weighted by Gasteiger charge is -2.20. The summed E-state index contributed by atoms with van der Waals surface area (Å²) in [7, 11) is 0. The van der Waals surface area contributed by atoms with Crippen molar-refractivity contribution < 1.29 is 0 Å². The third-order valence-electron chi connectivity index (χ3n) is 2.72. The van der Waals surface area contributed by atoms with Gasteiger partial charge < -0.3 is 5.73 Å². The Kier molecular flexibility index (Phi) is 3.26. The summed E-state index contributed by atoms with van der Waals surface area (Å²) < 4.78 is 8.14. The van der Waals surface area contributed by atoms with Crippen LogP contribution >= 0.6 is 11.7 Å². The predicted octanol–water partition coefficient (Wildman–Crippen LogP) is 2.28. The zero-order chi connectivity index (χ0) is 9.80. The zero-order valence-electron chi connectivity index (χ0n) is 8.10. The van der Waals surface area contributed by atoms with Crippen LogP contribution in [0.1, 0.15) is 37.4 Å². The number of nitrogens with zero attached hydrogens (tertiary/aromatic N) is 2. The first-order chi connectivity index (χ1) is 6.86. The van der Waals surface area contributed by atoms with Gasteiger partial charge in [-0.2, -0.15) is 8.75 Å². The van der Waals surface area contributed by atoms with Crippen LogP contribution in [0.3, 0.4) is 0 Å². The number of hydrogen-bond acceptors (Lipinski definition) is 4. The van der Waals surface area contributed by atoms with Crippen LogP contribution in [-0.4, -0.2) is 8.75 Å². The molecular formula is C10H15N3S. The highest BCUT2D eigenvalue weighted by Gasteiger charge is 2.16. The van der Waals surface area contributed by atoms with Gasteiger partial charge in [-0.1, -0.05) is 12.2 Å². The van der Waals surface area contributed by atoms with Gasteiger partial charge in [-0.05, 0) is 31.6 Å². The second-order valence-corrected chi connectivity index (χ2v) is 4.38. The summed E-state index contributed by atoms with van der Waals surface area (Å²) in [4.78, 5) is 0. The minimum atomic E-state index is 0.0743. The first-order valence-corrected chi connectivity index (χ1v) is 5.77. The van der Waals surface area contributed by atoms with Gasteiger partial charge in [-0.15, -0.1) is 0 Å². The Bertz CT molecular complexity index is 294. The highest BCUT2D eigenvalue weighted by atomic mass is 32.1. The Morgan fingerprint density at radius 1 is 1.57 bits per heavy atom. The molecule has 1 aliphatic rings. The van der Waals surface area contributed by atoms with Crippen LogP contribution in [0.2, 0.25) is 0 Å². The molecule has 0 spiro atoms. The van der Waals surface area contributed by atoms with Gasteiger partial charge in [0.15, 0.2) is 0 Å². The predicted molar refractivity (Wildman–Crippen MR) is 57.9 cm³/mol. The summed E-state index contributed by atoms with van der Waals surface area (Å²) in [6.07, 6.45) is 11.0. The molecule has 14 heavy (non-hydrogen) atoms. The average molecular weight is 209 g/mol. The number of aromatic nitrogens is 2. The fourth-order valence-electron chi connectivity index (χ4n) is 1.89. The quantitative estimate of drug-likeness (QED) is 0.777.